The van der Waals surface area contributed by atoms with E-state index in [2.05, 4.69) is 20.6 Å². The first-order valence-corrected chi connectivity index (χ1v) is 8.08. The van der Waals surface area contributed by atoms with Crippen LogP contribution in [0.2, 0.25) is 0 Å². The van der Waals surface area contributed by atoms with Crippen molar-refractivity contribution in [2.75, 3.05) is 5.32 Å². The second-order valence-corrected chi connectivity index (χ2v) is 5.80. The summed E-state index contributed by atoms with van der Waals surface area (Å²) in [6.07, 6.45) is 5.00. The van der Waals surface area contributed by atoms with Gasteiger partial charge in [-0.2, -0.15) is 0 Å². The highest BCUT2D eigenvalue weighted by atomic mass is 32.1. The topological polar surface area (TPSA) is 84.0 Å². The van der Waals surface area contributed by atoms with Crippen LogP contribution in [0.5, 0.6) is 0 Å². The van der Waals surface area contributed by atoms with Gasteiger partial charge in [0, 0.05) is 41.8 Å². The number of thiazole rings is 1. The summed E-state index contributed by atoms with van der Waals surface area (Å²) >= 11 is 1.54. The van der Waals surface area contributed by atoms with E-state index in [4.69, 9.17) is 0 Å². The van der Waals surface area contributed by atoms with Gasteiger partial charge in [0.2, 0.25) is 0 Å². The average Bonchev–Trinajstić information content (AvgIpc) is 3.16. The van der Waals surface area contributed by atoms with E-state index in [-0.39, 0.29) is 6.54 Å². The van der Waals surface area contributed by atoms with Crippen LogP contribution in [-0.2, 0) is 16.1 Å². The van der Waals surface area contributed by atoms with Crippen LogP contribution in [0, 0.1) is 0 Å². The summed E-state index contributed by atoms with van der Waals surface area (Å²) in [5.41, 5.74) is 2.39. The molecule has 0 bridgehead atoms. The minimum atomic E-state index is -0.703. The Morgan fingerprint density at radius 1 is 0.958 bits per heavy atom. The van der Waals surface area contributed by atoms with Crippen LogP contribution in [0.1, 0.15) is 5.56 Å². The van der Waals surface area contributed by atoms with Crippen molar-refractivity contribution in [3.63, 3.8) is 0 Å². The maximum atomic E-state index is 11.9. The molecule has 0 spiro atoms. The average molecular weight is 338 g/mol. The number of carbonyl (C=O) groups excluding carboxylic acids is 2. The molecule has 0 radical (unpaired) electrons. The summed E-state index contributed by atoms with van der Waals surface area (Å²) < 4.78 is 0. The molecule has 0 aliphatic heterocycles. The molecule has 7 heteroatoms. The van der Waals surface area contributed by atoms with Gasteiger partial charge in [-0.25, -0.2) is 4.98 Å². The van der Waals surface area contributed by atoms with Crippen LogP contribution >= 0.6 is 11.3 Å². The Labute approximate surface area is 142 Å². The number of hydrogen-bond donors (Lipinski definition) is 2. The first-order valence-electron chi connectivity index (χ1n) is 7.20. The van der Waals surface area contributed by atoms with Crippen LogP contribution in [0.3, 0.4) is 0 Å². The Morgan fingerprint density at radius 2 is 1.71 bits per heavy atom. The number of rotatable bonds is 4. The fourth-order valence-corrected chi connectivity index (χ4v) is 2.66. The standard InChI is InChI=1S/C17H14N4O2S/c22-15(20-11-12-5-7-18-8-6-12)16(23)21-14-3-1-13(2-4-14)17-19-9-10-24-17/h1-10H,11H2,(H,20,22)(H,21,23). The number of benzene rings is 1. The smallest absolute Gasteiger partial charge is 0.313 e. The van der Waals surface area contributed by atoms with Crippen molar-refractivity contribution in [3.8, 4) is 10.6 Å². The SMILES string of the molecule is O=C(NCc1ccncc1)C(=O)Nc1ccc(-c2nccs2)cc1. The first-order chi connectivity index (χ1) is 11.7. The van der Waals surface area contributed by atoms with E-state index in [1.165, 1.54) is 11.3 Å². The lowest BCUT2D eigenvalue weighted by Crippen LogP contribution is -2.34. The van der Waals surface area contributed by atoms with Crippen LogP contribution in [0.4, 0.5) is 5.69 Å². The Hall–Kier alpha value is -3.06. The third-order valence-corrected chi connectivity index (χ3v) is 4.05. The number of carbonyl (C=O) groups is 2. The molecule has 3 aromatic rings. The van der Waals surface area contributed by atoms with Crippen LogP contribution < -0.4 is 10.6 Å². The minimum Gasteiger partial charge on any atom is -0.344 e. The molecular formula is C17H14N4O2S. The summed E-state index contributed by atoms with van der Waals surface area (Å²) in [4.78, 5) is 31.8. The molecule has 0 saturated heterocycles. The molecule has 2 heterocycles. The molecule has 6 nitrogen and oxygen atoms in total. The zero-order valence-corrected chi connectivity index (χ0v) is 13.4. The molecule has 0 unspecified atom stereocenters. The molecule has 24 heavy (non-hydrogen) atoms. The Bertz CT molecular complexity index is 818. The zero-order valence-electron chi connectivity index (χ0n) is 12.6. The number of aromatic nitrogens is 2. The van der Waals surface area contributed by atoms with Gasteiger partial charge in [0.15, 0.2) is 0 Å². The Morgan fingerprint density at radius 3 is 2.38 bits per heavy atom. The van der Waals surface area contributed by atoms with E-state index < -0.39 is 11.8 Å². The van der Waals surface area contributed by atoms with Gasteiger partial charge < -0.3 is 10.6 Å². The van der Waals surface area contributed by atoms with Gasteiger partial charge in [-0.05, 0) is 42.0 Å². The van der Waals surface area contributed by atoms with Crippen LogP contribution in [0.25, 0.3) is 10.6 Å². The monoisotopic (exact) mass is 338 g/mol. The second-order valence-electron chi connectivity index (χ2n) is 4.91. The van der Waals surface area contributed by atoms with Crippen LogP contribution in [0.15, 0.2) is 60.4 Å². The molecule has 2 N–H and O–H groups in total. The Kier molecular flexibility index (Phi) is 4.93. The summed E-state index contributed by atoms with van der Waals surface area (Å²) in [5, 5.41) is 7.94. The van der Waals surface area contributed by atoms with Crippen molar-refractivity contribution >= 4 is 28.8 Å². The normalized spacial score (nSPS) is 10.2. The quantitative estimate of drug-likeness (QED) is 0.716. The van der Waals surface area contributed by atoms with Crippen molar-refractivity contribution in [1.82, 2.24) is 15.3 Å². The van der Waals surface area contributed by atoms with Gasteiger partial charge in [0.05, 0.1) is 0 Å². The summed E-state index contributed by atoms with van der Waals surface area (Å²) in [6, 6.07) is 10.7. The lowest BCUT2D eigenvalue weighted by molar-refractivity contribution is -0.136. The number of nitrogens with zero attached hydrogens (tertiary/aromatic N) is 2. The van der Waals surface area contributed by atoms with Crippen molar-refractivity contribution < 1.29 is 9.59 Å². The summed E-state index contributed by atoms with van der Waals surface area (Å²) in [6.45, 7) is 0.276. The predicted octanol–water partition coefficient (Wildman–Crippen LogP) is 2.46. The third-order valence-electron chi connectivity index (χ3n) is 3.23. The largest absolute Gasteiger partial charge is 0.344 e. The highest BCUT2D eigenvalue weighted by molar-refractivity contribution is 7.13. The maximum absolute atomic E-state index is 11.9. The van der Waals surface area contributed by atoms with E-state index in [1.54, 1.807) is 42.9 Å². The van der Waals surface area contributed by atoms with Crippen molar-refractivity contribution in [2.24, 2.45) is 0 Å². The van der Waals surface area contributed by atoms with Gasteiger partial charge in [-0.1, -0.05) is 0 Å². The lowest BCUT2D eigenvalue weighted by Gasteiger charge is -2.07. The van der Waals surface area contributed by atoms with Crippen molar-refractivity contribution in [2.45, 2.75) is 6.54 Å². The fourth-order valence-electron chi connectivity index (χ4n) is 2.01. The molecule has 120 valence electrons. The van der Waals surface area contributed by atoms with Gasteiger partial charge in [0.25, 0.3) is 0 Å². The number of hydrogen-bond acceptors (Lipinski definition) is 5. The molecule has 0 aliphatic rings. The molecule has 0 fully saturated rings. The molecule has 2 amide bonds. The maximum Gasteiger partial charge on any atom is 0.313 e. The fraction of sp³-hybridized carbons (Fsp3) is 0.0588. The number of amides is 2. The summed E-state index contributed by atoms with van der Waals surface area (Å²) in [7, 11) is 0. The van der Waals surface area contributed by atoms with E-state index >= 15 is 0 Å². The molecule has 3 rings (SSSR count). The lowest BCUT2D eigenvalue weighted by atomic mass is 10.2. The second kappa shape index (κ2) is 7.47. The van der Waals surface area contributed by atoms with E-state index in [9.17, 15) is 9.59 Å². The van der Waals surface area contributed by atoms with Gasteiger partial charge in [-0.15, -0.1) is 11.3 Å². The number of anilines is 1. The van der Waals surface area contributed by atoms with Crippen molar-refractivity contribution in [3.05, 3.63) is 65.9 Å². The minimum absolute atomic E-state index is 0.276. The molecule has 2 aromatic heterocycles. The first kappa shape index (κ1) is 15.8. The number of nitrogens with one attached hydrogen (secondary N) is 2. The molecular weight excluding hydrogens is 324 g/mol. The highest BCUT2D eigenvalue weighted by Crippen LogP contribution is 2.23. The van der Waals surface area contributed by atoms with E-state index in [1.807, 2.05) is 17.5 Å². The van der Waals surface area contributed by atoms with Gasteiger partial charge in [0.1, 0.15) is 5.01 Å². The van der Waals surface area contributed by atoms with Crippen molar-refractivity contribution in [1.29, 1.82) is 0 Å². The van der Waals surface area contributed by atoms with Gasteiger partial charge in [-0.3, -0.25) is 14.6 Å². The molecule has 0 atom stereocenters. The summed E-state index contributed by atoms with van der Waals surface area (Å²) in [5.74, 6) is -1.39. The Balaban J connectivity index is 1.55. The van der Waals surface area contributed by atoms with Gasteiger partial charge >= 0.3 is 11.8 Å². The zero-order chi connectivity index (χ0) is 16.8. The molecule has 0 aliphatic carbocycles. The highest BCUT2D eigenvalue weighted by Gasteiger charge is 2.13. The van der Waals surface area contributed by atoms with Crippen LogP contribution in [-0.4, -0.2) is 21.8 Å². The molecule has 0 saturated carbocycles. The van der Waals surface area contributed by atoms with E-state index in [0.717, 1.165) is 16.1 Å². The predicted molar refractivity (Wildman–Crippen MR) is 92.3 cm³/mol. The number of pyridine rings is 1. The third kappa shape index (κ3) is 4.02. The van der Waals surface area contributed by atoms with E-state index in [0.29, 0.717) is 5.69 Å². The molecule has 1 aromatic carbocycles.